The van der Waals surface area contributed by atoms with Crippen LogP contribution in [-0.2, 0) is 21.4 Å². The van der Waals surface area contributed by atoms with Gasteiger partial charge < -0.3 is 19.3 Å². The lowest BCUT2D eigenvalue weighted by Gasteiger charge is -2.26. The molecule has 0 bridgehead atoms. The number of carbonyl (C=O) groups is 1. The highest BCUT2D eigenvalue weighted by Gasteiger charge is 2.22. The normalized spacial score (nSPS) is 12.2. The Hall–Kier alpha value is -3.31. The van der Waals surface area contributed by atoms with E-state index in [1.165, 1.54) is 18.2 Å². The number of carboxylic acid groups (broad SMARTS) is 1. The molecule has 0 heterocycles. The summed E-state index contributed by atoms with van der Waals surface area (Å²) in [5.41, 5.74) is 3.34. The van der Waals surface area contributed by atoms with Crippen molar-refractivity contribution in [2.45, 2.75) is 38.2 Å². The fourth-order valence-corrected chi connectivity index (χ4v) is 3.64. The van der Waals surface area contributed by atoms with Crippen LogP contribution in [0.4, 0.5) is 0 Å². The average Bonchev–Trinajstić information content (AvgIpc) is 2.84. The predicted molar refractivity (Wildman–Crippen MR) is 129 cm³/mol. The zero-order valence-electron chi connectivity index (χ0n) is 19.5. The van der Waals surface area contributed by atoms with Crippen LogP contribution in [0.25, 0.3) is 0 Å². The van der Waals surface area contributed by atoms with Crippen LogP contribution in [0, 0.1) is 0 Å². The van der Waals surface area contributed by atoms with Gasteiger partial charge in [0.1, 0.15) is 11.5 Å². The van der Waals surface area contributed by atoms with Gasteiger partial charge in [-0.1, -0.05) is 68.4 Å². The molecule has 3 rings (SSSR count). The van der Waals surface area contributed by atoms with Gasteiger partial charge in [0.25, 0.3) is 0 Å². The second-order valence-corrected chi connectivity index (χ2v) is 8.48. The molecule has 5 nitrogen and oxygen atoms in total. The summed E-state index contributed by atoms with van der Waals surface area (Å²) in [5.74, 6) is 0.626. The first-order valence-corrected chi connectivity index (χ1v) is 11.2. The van der Waals surface area contributed by atoms with Gasteiger partial charge in [-0.2, -0.15) is 0 Å². The average molecular weight is 449 g/mol. The van der Waals surface area contributed by atoms with Gasteiger partial charge in [0.2, 0.25) is 0 Å². The summed E-state index contributed by atoms with van der Waals surface area (Å²) in [6.07, 6.45) is 0.234. The first kappa shape index (κ1) is 24.3. The fourth-order valence-electron chi connectivity index (χ4n) is 3.64. The van der Waals surface area contributed by atoms with E-state index < -0.39 is 12.1 Å². The van der Waals surface area contributed by atoms with E-state index in [-0.39, 0.29) is 5.41 Å². The number of carboxylic acids is 1. The summed E-state index contributed by atoms with van der Waals surface area (Å²) in [6.45, 7) is 5.55. The monoisotopic (exact) mass is 448 g/mol. The lowest BCUT2D eigenvalue weighted by atomic mass is 9.78. The largest absolute Gasteiger partial charge is 0.493 e. The topological polar surface area (TPSA) is 65.0 Å². The van der Waals surface area contributed by atoms with Gasteiger partial charge in [-0.3, -0.25) is 0 Å². The fraction of sp³-hybridized carbons (Fsp3) is 0.321. The van der Waals surface area contributed by atoms with Crippen LogP contribution in [-0.4, -0.2) is 37.5 Å². The molecule has 0 unspecified atom stereocenters. The van der Waals surface area contributed by atoms with Gasteiger partial charge >= 0.3 is 5.97 Å². The molecule has 0 aliphatic carbocycles. The van der Waals surface area contributed by atoms with Crippen molar-refractivity contribution in [1.82, 2.24) is 0 Å². The minimum absolute atomic E-state index is 0.0682. The highest BCUT2D eigenvalue weighted by molar-refractivity contribution is 5.72. The van der Waals surface area contributed by atoms with Gasteiger partial charge in [-0.05, 0) is 41.0 Å². The van der Waals surface area contributed by atoms with Crippen molar-refractivity contribution in [3.05, 3.63) is 95.6 Å². The Morgan fingerprint density at radius 2 is 1.33 bits per heavy atom. The molecular weight excluding hydrogens is 416 g/mol. The van der Waals surface area contributed by atoms with Crippen molar-refractivity contribution >= 4 is 5.97 Å². The molecule has 1 atom stereocenters. The van der Waals surface area contributed by atoms with Crippen LogP contribution in [0.15, 0.2) is 78.9 Å². The van der Waals surface area contributed by atoms with Crippen LogP contribution in [0.5, 0.6) is 11.5 Å². The maximum absolute atomic E-state index is 11.1. The van der Waals surface area contributed by atoms with Crippen LogP contribution in [0.2, 0.25) is 0 Å². The van der Waals surface area contributed by atoms with Crippen LogP contribution in [0.3, 0.4) is 0 Å². The van der Waals surface area contributed by atoms with Crippen molar-refractivity contribution in [2.24, 2.45) is 0 Å². The molecule has 33 heavy (non-hydrogen) atoms. The predicted octanol–water partition coefficient (Wildman–Crippen LogP) is 5.50. The van der Waals surface area contributed by atoms with Crippen LogP contribution < -0.4 is 9.47 Å². The third-order valence-electron chi connectivity index (χ3n) is 5.80. The smallest absolute Gasteiger partial charge is 0.333 e. The molecule has 0 aromatic heterocycles. The molecule has 0 saturated heterocycles. The minimum Gasteiger partial charge on any atom is -0.493 e. The van der Waals surface area contributed by atoms with Crippen molar-refractivity contribution in [3.8, 4) is 11.5 Å². The highest BCUT2D eigenvalue weighted by Crippen LogP contribution is 2.32. The van der Waals surface area contributed by atoms with Crippen LogP contribution >= 0.6 is 0 Å². The quantitative estimate of drug-likeness (QED) is 0.371. The Morgan fingerprint density at radius 1 is 0.818 bits per heavy atom. The Morgan fingerprint density at radius 3 is 1.85 bits per heavy atom. The number of benzene rings is 3. The van der Waals surface area contributed by atoms with Crippen molar-refractivity contribution in [3.63, 3.8) is 0 Å². The summed E-state index contributed by atoms with van der Waals surface area (Å²) in [4.78, 5) is 11.1. The van der Waals surface area contributed by atoms with E-state index in [0.29, 0.717) is 19.6 Å². The van der Waals surface area contributed by atoms with Gasteiger partial charge in [0.15, 0.2) is 6.10 Å². The molecule has 3 aromatic rings. The number of hydrogen-bond acceptors (Lipinski definition) is 4. The summed E-state index contributed by atoms with van der Waals surface area (Å²) < 4.78 is 16.6. The molecule has 0 spiro atoms. The summed E-state index contributed by atoms with van der Waals surface area (Å²) in [5, 5.41) is 9.07. The van der Waals surface area contributed by atoms with Gasteiger partial charge in [0.05, 0.1) is 13.2 Å². The zero-order chi connectivity index (χ0) is 23.7. The molecule has 174 valence electrons. The lowest BCUT2D eigenvalue weighted by molar-refractivity contribution is -0.148. The maximum Gasteiger partial charge on any atom is 0.333 e. The van der Waals surface area contributed by atoms with Gasteiger partial charge in [-0.25, -0.2) is 4.79 Å². The molecule has 3 aromatic carbocycles. The van der Waals surface area contributed by atoms with Crippen LogP contribution in [0.1, 0.15) is 37.0 Å². The van der Waals surface area contributed by atoms with E-state index in [1.807, 2.05) is 42.5 Å². The Kier molecular flexibility index (Phi) is 8.50. The number of rotatable bonds is 12. The molecule has 0 amide bonds. The Bertz CT molecular complexity index is 995. The van der Waals surface area contributed by atoms with E-state index >= 15 is 0 Å². The highest BCUT2D eigenvalue weighted by atomic mass is 16.5. The number of ether oxygens (including phenoxy) is 3. The molecule has 0 aliphatic heterocycles. The first-order valence-electron chi connectivity index (χ1n) is 11.2. The SMILES string of the molecule is CO[C@@H](Cc1ccc(OCCCOc2ccc(C(C)(C)c3ccccc3)cc2)cc1)C(=O)O. The molecule has 0 fully saturated rings. The summed E-state index contributed by atoms with van der Waals surface area (Å²) in [7, 11) is 1.40. The van der Waals surface area contributed by atoms with Gasteiger partial charge in [-0.15, -0.1) is 0 Å². The minimum atomic E-state index is -0.965. The second kappa shape index (κ2) is 11.5. The second-order valence-electron chi connectivity index (χ2n) is 8.48. The molecule has 0 aliphatic rings. The number of methoxy groups -OCH3 is 1. The molecular formula is C28H32O5. The molecule has 0 radical (unpaired) electrons. The summed E-state index contributed by atoms with van der Waals surface area (Å²) >= 11 is 0. The Labute approximate surface area is 195 Å². The third kappa shape index (κ3) is 6.83. The lowest BCUT2D eigenvalue weighted by Crippen LogP contribution is -2.24. The zero-order valence-corrected chi connectivity index (χ0v) is 19.5. The van der Waals surface area contributed by atoms with E-state index in [9.17, 15) is 4.79 Å². The molecule has 5 heteroatoms. The van der Waals surface area contributed by atoms with E-state index in [2.05, 4.69) is 50.2 Å². The van der Waals surface area contributed by atoms with E-state index in [0.717, 1.165) is 23.5 Å². The van der Waals surface area contributed by atoms with E-state index in [4.69, 9.17) is 19.3 Å². The van der Waals surface area contributed by atoms with E-state index in [1.54, 1.807) is 0 Å². The summed E-state index contributed by atoms with van der Waals surface area (Å²) in [6, 6.07) is 26.2. The van der Waals surface area contributed by atoms with Crippen molar-refractivity contribution in [1.29, 1.82) is 0 Å². The van der Waals surface area contributed by atoms with Crippen molar-refractivity contribution in [2.75, 3.05) is 20.3 Å². The van der Waals surface area contributed by atoms with Crippen molar-refractivity contribution < 1.29 is 24.1 Å². The van der Waals surface area contributed by atoms with Gasteiger partial charge in [0, 0.05) is 25.4 Å². The maximum atomic E-state index is 11.1. The number of aliphatic carboxylic acids is 1. The molecule has 1 N–H and O–H groups in total. The Balaban J connectivity index is 1.41. The third-order valence-corrected chi connectivity index (χ3v) is 5.80. The molecule has 0 saturated carbocycles. The standard InChI is InChI=1S/C28H32O5/c1-28(2,22-8-5-4-6-9-22)23-12-16-25(17-13-23)33-19-7-18-32-24-14-10-21(11-15-24)20-26(31-3)27(29)30/h4-6,8-17,26H,7,18-20H2,1-3H3,(H,29,30)/t26-/m0/s1. The first-order chi connectivity index (χ1) is 15.9. The number of hydrogen-bond donors (Lipinski definition) is 1.